The summed E-state index contributed by atoms with van der Waals surface area (Å²) in [5.41, 5.74) is 7.57. The molecule has 3 rings (SSSR count). The number of aryl methyl sites for hydroxylation is 2. The van der Waals surface area contributed by atoms with E-state index >= 15 is 0 Å². The number of aromatic nitrogens is 1. The highest BCUT2D eigenvalue weighted by Crippen LogP contribution is 2.41. The third-order valence-electron chi connectivity index (χ3n) is 5.29. The van der Waals surface area contributed by atoms with Crippen molar-refractivity contribution in [2.45, 2.75) is 50.5 Å². The van der Waals surface area contributed by atoms with Gasteiger partial charge >= 0.3 is 12.0 Å². The van der Waals surface area contributed by atoms with Crippen LogP contribution in [0.4, 0.5) is 10.5 Å². The number of unbranched alkanes of at least 4 members (excludes halogenated alkanes) is 2. The molecular weight excluding hydrogens is 440 g/mol. The van der Waals surface area contributed by atoms with Crippen molar-refractivity contribution in [2.24, 2.45) is 16.0 Å². The van der Waals surface area contributed by atoms with E-state index in [0.717, 1.165) is 59.2 Å². The first kappa shape index (κ1) is 24.3. The van der Waals surface area contributed by atoms with Crippen LogP contribution >= 0.6 is 11.8 Å². The van der Waals surface area contributed by atoms with Crippen LogP contribution in [-0.4, -0.2) is 32.5 Å². The fraction of sp³-hybridized carbons (Fsp3) is 0.333. The van der Waals surface area contributed by atoms with E-state index in [1.165, 1.54) is 0 Å². The molecule has 0 saturated carbocycles. The van der Waals surface area contributed by atoms with Crippen molar-refractivity contribution in [3.63, 3.8) is 0 Å². The Morgan fingerprint density at radius 1 is 1.09 bits per heavy atom. The van der Waals surface area contributed by atoms with Gasteiger partial charge in [-0.1, -0.05) is 37.0 Å². The fourth-order valence-corrected chi connectivity index (χ4v) is 4.51. The number of benzene rings is 2. The number of urea groups is 1. The fourth-order valence-electron chi connectivity index (χ4n) is 3.62. The van der Waals surface area contributed by atoms with E-state index in [4.69, 9.17) is 10.8 Å². The van der Waals surface area contributed by atoms with Crippen LogP contribution in [0.15, 0.2) is 57.6 Å². The van der Waals surface area contributed by atoms with Crippen LogP contribution in [0.25, 0.3) is 10.9 Å². The van der Waals surface area contributed by atoms with Gasteiger partial charge in [0.2, 0.25) is 5.88 Å². The third kappa shape index (κ3) is 6.35. The zero-order valence-corrected chi connectivity index (χ0v) is 19.3. The second-order valence-electron chi connectivity index (χ2n) is 7.70. The zero-order valence-electron chi connectivity index (χ0n) is 18.5. The minimum absolute atomic E-state index is 0.0157. The Morgan fingerprint density at radius 2 is 1.85 bits per heavy atom. The van der Waals surface area contributed by atoms with Crippen molar-refractivity contribution in [2.75, 3.05) is 5.75 Å². The summed E-state index contributed by atoms with van der Waals surface area (Å²) >= 11 is 1.68. The second-order valence-corrected chi connectivity index (χ2v) is 8.87. The number of aromatic hydroxyl groups is 1. The van der Waals surface area contributed by atoms with Gasteiger partial charge in [-0.15, -0.1) is 16.9 Å². The summed E-state index contributed by atoms with van der Waals surface area (Å²) in [7, 11) is 0. The molecule has 0 aliphatic carbocycles. The average Bonchev–Trinajstić information content (AvgIpc) is 3.06. The molecule has 1 aromatic heterocycles. The van der Waals surface area contributed by atoms with Crippen molar-refractivity contribution < 1.29 is 19.8 Å². The largest absolute Gasteiger partial charge is 0.493 e. The number of thioether (sulfide) groups is 1. The summed E-state index contributed by atoms with van der Waals surface area (Å²) in [5.74, 6) is -0.0708. The third-order valence-corrected chi connectivity index (χ3v) is 6.37. The Labute approximate surface area is 196 Å². The van der Waals surface area contributed by atoms with Crippen LogP contribution < -0.4 is 5.73 Å². The molecule has 3 aromatic rings. The number of azo groups is 1. The van der Waals surface area contributed by atoms with Crippen LogP contribution in [-0.2, 0) is 13.0 Å². The minimum Gasteiger partial charge on any atom is -0.493 e. The normalized spacial score (nSPS) is 11.4. The molecule has 0 unspecified atom stereocenters. The lowest BCUT2D eigenvalue weighted by atomic mass is 10.1. The molecular formula is C24H28N4O4S. The Balaban J connectivity index is 1.72. The number of hydrogen-bond acceptors (Lipinski definition) is 5. The summed E-state index contributed by atoms with van der Waals surface area (Å²) in [4.78, 5) is 23.1. The molecule has 4 N–H and O–H groups in total. The predicted molar refractivity (Wildman–Crippen MR) is 130 cm³/mol. The number of nitrogens with zero attached hydrogens (tertiary/aromatic N) is 3. The van der Waals surface area contributed by atoms with Gasteiger partial charge in [0, 0.05) is 16.8 Å². The predicted octanol–water partition coefficient (Wildman–Crippen LogP) is 6.12. The summed E-state index contributed by atoms with van der Waals surface area (Å²) in [6.07, 6.45) is 4.81. The van der Waals surface area contributed by atoms with Crippen molar-refractivity contribution in [3.05, 3.63) is 53.6 Å². The highest BCUT2D eigenvalue weighted by atomic mass is 32.2. The molecule has 0 fully saturated rings. The molecule has 33 heavy (non-hydrogen) atoms. The molecule has 8 nitrogen and oxygen atoms in total. The van der Waals surface area contributed by atoms with Crippen LogP contribution in [0.1, 0.15) is 48.5 Å². The molecule has 0 atom stereocenters. The number of carbonyl (C=O) groups is 2. The molecule has 0 bridgehead atoms. The lowest BCUT2D eigenvalue weighted by molar-refractivity contribution is 0.0697. The lowest BCUT2D eigenvalue weighted by Crippen LogP contribution is -2.01. The van der Waals surface area contributed by atoms with Gasteiger partial charge in [0.1, 0.15) is 0 Å². The standard InChI is InChI=1S/C24H28N4O4S/c1-2-3-4-13-28-20-12-11-18(15-19(20)21(22(28)29)26-27-24(25)32)33-14-5-6-16-7-9-17(10-8-16)23(30)31/h7-12,15,29H,2-6,13-14H2,1H3,(H2,25,32)(H,30,31). The Bertz CT molecular complexity index is 1160. The first-order valence-electron chi connectivity index (χ1n) is 10.9. The van der Waals surface area contributed by atoms with E-state index in [1.807, 2.05) is 30.3 Å². The number of fused-ring (bicyclic) bond motifs is 1. The maximum Gasteiger partial charge on any atom is 0.356 e. The Morgan fingerprint density at radius 3 is 2.52 bits per heavy atom. The van der Waals surface area contributed by atoms with Crippen LogP contribution in [0.5, 0.6) is 5.88 Å². The Hall–Kier alpha value is -3.33. The topological polar surface area (TPSA) is 130 Å². The maximum absolute atomic E-state index is 11.1. The summed E-state index contributed by atoms with van der Waals surface area (Å²) in [6, 6.07) is 11.9. The highest BCUT2D eigenvalue weighted by molar-refractivity contribution is 7.99. The molecule has 0 saturated heterocycles. The van der Waals surface area contributed by atoms with Gasteiger partial charge in [-0.2, -0.15) is 0 Å². The highest BCUT2D eigenvalue weighted by Gasteiger charge is 2.17. The van der Waals surface area contributed by atoms with E-state index in [0.29, 0.717) is 6.54 Å². The van der Waals surface area contributed by atoms with Crippen molar-refractivity contribution in [1.82, 2.24) is 4.57 Å². The molecule has 0 spiro atoms. The van der Waals surface area contributed by atoms with Crippen molar-refractivity contribution >= 4 is 40.4 Å². The van der Waals surface area contributed by atoms with Gasteiger partial charge < -0.3 is 20.5 Å². The summed E-state index contributed by atoms with van der Waals surface area (Å²) < 4.78 is 1.80. The van der Waals surface area contributed by atoms with E-state index < -0.39 is 12.0 Å². The molecule has 1 heterocycles. The smallest absolute Gasteiger partial charge is 0.356 e. The van der Waals surface area contributed by atoms with E-state index in [-0.39, 0.29) is 17.1 Å². The zero-order chi connectivity index (χ0) is 23.8. The quantitative estimate of drug-likeness (QED) is 0.177. The second kappa shape index (κ2) is 11.5. The molecule has 2 amide bonds. The van der Waals surface area contributed by atoms with E-state index in [9.17, 15) is 14.7 Å². The van der Waals surface area contributed by atoms with Gasteiger partial charge in [0.15, 0.2) is 5.69 Å². The number of nitrogens with two attached hydrogens (primary N) is 1. The molecule has 0 radical (unpaired) electrons. The number of carbonyl (C=O) groups excluding carboxylic acids is 1. The molecule has 0 aliphatic rings. The van der Waals surface area contributed by atoms with E-state index in [2.05, 4.69) is 17.2 Å². The first-order chi connectivity index (χ1) is 15.9. The van der Waals surface area contributed by atoms with E-state index in [1.54, 1.807) is 28.5 Å². The van der Waals surface area contributed by atoms with Crippen LogP contribution in [0, 0.1) is 0 Å². The molecule has 2 aromatic carbocycles. The van der Waals surface area contributed by atoms with Gasteiger partial charge in [-0.3, -0.25) is 0 Å². The van der Waals surface area contributed by atoms with Gasteiger partial charge in [-0.05, 0) is 60.9 Å². The number of carboxylic acid groups (broad SMARTS) is 1. The monoisotopic (exact) mass is 468 g/mol. The average molecular weight is 469 g/mol. The maximum atomic E-state index is 11.1. The number of rotatable bonds is 11. The van der Waals surface area contributed by atoms with Crippen molar-refractivity contribution in [1.29, 1.82) is 0 Å². The lowest BCUT2D eigenvalue weighted by Gasteiger charge is -2.07. The number of hydrogen-bond donors (Lipinski definition) is 3. The number of aromatic carboxylic acids is 1. The number of amides is 2. The van der Waals surface area contributed by atoms with Crippen molar-refractivity contribution in [3.8, 4) is 5.88 Å². The van der Waals surface area contributed by atoms with Gasteiger partial charge in [0.25, 0.3) is 0 Å². The van der Waals surface area contributed by atoms with Gasteiger partial charge in [0.05, 0.1) is 11.1 Å². The van der Waals surface area contributed by atoms with Crippen LogP contribution in [0.3, 0.4) is 0 Å². The summed E-state index contributed by atoms with van der Waals surface area (Å²) in [5, 5.41) is 27.8. The number of carboxylic acids is 1. The van der Waals surface area contributed by atoms with Crippen LogP contribution in [0.2, 0.25) is 0 Å². The number of primary amides is 1. The SMILES string of the molecule is CCCCCn1c(O)c(N=NC(N)=O)c2cc(SCCCc3ccc(C(=O)O)cc3)ccc21. The minimum atomic E-state index is -0.924. The van der Waals surface area contributed by atoms with Gasteiger partial charge in [-0.25, -0.2) is 9.59 Å². The molecule has 9 heteroatoms. The molecule has 0 aliphatic heterocycles. The first-order valence-corrected chi connectivity index (χ1v) is 11.9. The Kier molecular flexibility index (Phi) is 8.48. The summed E-state index contributed by atoms with van der Waals surface area (Å²) in [6.45, 7) is 2.77. The molecule has 174 valence electrons.